The molecule has 106 valence electrons. The third kappa shape index (κ3) is 2.34. The third-order valence-corrected chi connectivity index (χ3v) is 6.03. The highest BCUT2D eigenvalue weighted by molar-refractivity contribution is 5.11. The maximum Gasteiger partial charge on any atom is 0.0636 e. The summed E-state index contributed by atoms with van der Waals surface area (Å²) in [6.45, 7) is 12.7. The molecule has 0 radical (unpaired) electrons. The Balaban J connectivity index is 1.72. The Bertz CT molecular complexity index is 276. The van der Waals surface area contributed by atoms with Gasteiger partial charge in [0.25, 0.3) is 0 Å². The SMILES string of the molecule is CCNCCCCOC1CC2CCC1(C)C2(C)C. The standard InChI is InChI=1S/C16H31NO/c1-5-17-10-6-7-11-18-14-12-13-8-9-16(14,4)15(13,2)3/h13-14,17H,5-12H2,1-4H3. The molecule has 0 spiro atoms. The van der Waals surface area contributed by atoms with Gasteiger partial charge in [0.2, 0.25) is 0 Å². The Hall–Kier alpha value is -0.0800. The molecule has 3 atom stereocenters. The van der Waals surface area contributed by atoms with Gasteiger partial charge in [-0.15, -0.1) is 0 Å². The van der Waals surface area contributed by atoms with E-state index in [1.165, 1.54) is 32.1 Å². The zero-order valence-electron chi connectivity index (χ0n) is 12.7. The topological polar surface area (TPSA) is 21.3 Å². The number of nitrogens with one attached hydrogen (secondary N) is 1. The lowest BCUT2D eigenvalue weighted by Crippen LogP contribution is -2.37. The molecule has 0 aromatic carbocycles. The molecule has 0 heterocycles. The summed E-state index contributed by atoms with van der Waals surface area (Å²) in [6, 6.07) is 0. The van der Waals surface area contributed by atoms with E-state index < -0.39 is 0 Å². The summed E-state index contributed by atoms with van der Waals surface area (Å²) >= 11 is 0. The van der Waals surface area contributed by atoms with Gasteiger partial charge in [0.1, 0.15) is 0 Å². The van der Waals surface area contributed by atoms with Crippen LogP contribution >= 0.6 is 0 Å². The highest BCUT2D eigenvalue weighted by atomic mass is 16.5. The average Bonchev–Trinajstić information content (AvgIpc) is 2.66. The maximum absolute atomic E-state index is 6.23. The van der Waals surface area contributed by atoms with Gasteiger partial charge in [0, 0.05) is 6.61 Å². The van der Waals surface area contributed by atoms with Gasteiger partial charge in [-0.3, -0.25) is 0 Å². The van der Waals surface area contributed by atoms with Crippen molar-refractivity contribution in [2.45, 2.75) is 65.9 Å². The first-order valence-corrected chi connectivity index (χ1v) is 7.84. The van der Waals surface area contributed by atoms with Crippen molar-refractivity contribution in [1.82, 2.24) is 5.32 Å². The van der Waals surface area contributed by atoms with E-state index in [-0.39, 0.29) is 0 Å². The highest BCUT2D eigenvalue weighted by Gasteiger charge is 2.61. The van der Waals surface area contributed by atoms with Gasteiger partial charge < -0.3 is 10.1 Å². The smallest absolute Gasteiger partial charge is 0.0636 e. The maximum atomic E-state index is 6.23. The predicted molar refractivity (Wildman–Crippen MR) is 76.7 cm³/mol. The largest absolute Gasteiger partial charge is 0.378 e. The molecule has 18 heavy (non-hydrogen) atoms. The van der Waals surface area contributed by atoms with E-state index in [2.05, 4.69) is 33.0 Å². The fraction of sp³-hybridized carbons (Fsp3) is 1.00. The van der Waals surface area contributed by atoms with Gasteiger partial charge in [-0.05, 0) is 61.9 Å². The molecule has 1 N–H and O–H groups in total. The van der Waals surface area contributed by atoms with Crippen molar-refractivity contribution in [3.63, 3.8) is 0 Å². The normalized spacial score (nSPS) is 37.3. The molecule has 2 bridgehead atoms. The van der Waals surface area contributed by atoms with Crippen LogP contribution in [-0.4, -0.2) is 25.8 Å². The Kier molecular flexibility index (Phi) is 4.38. The van der Waals surface area contributed by atoms with Gasteiger partial charge in [-0.2, -0.15) is 0 Å². The van der Waals surface area contributed by atoms with Crippen LogP contribution in [0.3, 0.4) is 0 Å². The molecule has 0 aromatic heterocycles. The zero-order valence-corrected chi connectivity index (χ0v) is 12.7. The van der Waals surface area contributed by atoms with E-state index in [1.807, 2.05) is 0 Å². The van der Waals surface area contributed by atoms with Crippen molar-refractivity contribution < 1.29 is 4.74 Å². The molecule has 2 fully saturated rings. The van der Waals surface area contributed by atoms with Gasteiger partial charge in [0.15, 0.2) is 0 Å². The summed E-state index contributed by atoms with van der Waals surface area (Å²) in [4.78, 5) is 0. The monoisotopic (exact) mass is 253 g/mol. The second-order valence-electron chi connectivity index (χ2n) is 7.03. The average molecular weight is 253 g/mol. The van der Waals surface area contributed by atoms with Gasteiger partial charge in [-0.25, -0.2) is 0 Å². The van der Waals surface area contributed by atoms with Crippen molar-refractivity contribution >= 4 is 0 Å². The molecule has 0 saturated heterocycles. The lowest BCUT2D eigenvalue weighted by molar-refractivity contribution is -0.0474. The number of ether oxygens (including phenoxy) is 1. The molecule has 3 unspecified atom stereocenters. The van der Waals surface area contributed by atoms with Crippen LogP contribution < -0.4 is 5.32 Å². The van der Waals surface area contributed by atoms with Crippen molar-refractivity contribution in [2.75, 3.05) is 19.7 Å². The molecule has 2 aliphatic carbocycles. The third-order valence-electron chi connectivity index (χ3n) is 6.03. The summed E-state index contributed by atoms with van der Waals surface area (Å²) in [5, 5.41) is 3.37. The molecule has 2 rings (SSSR count). The summed E-state index contributed by atoms with van der Waals surface area (Å²) < 4.78 is 6.23. The van der Waals surface area contributed by atoms with E-state index in [1.54, 1.807) is 0 Å². The summed E-state index contributed by atoms with van der Waals surface area (Å²) in [5.74, 6) is 0.897. The zero-order chi connectivity index (χ0) is 13.2. The van der Waals surface area contributed by atoms with Gasteiger partial charge in [-0.1, -0.05) is 27.7 Å². The van der Waals surface area contributed by atoms with Crippen LogP contribution in [0.2, 0.25) is 0 Å². The minimum atomic E-state index is 0.430. The van der Waals surface area contributed by atoms with Crippen LogP contribution in [0.4, 0.5) is 0 Å². The van der Waals surface area contributed by atoms with Gasteiger partial charge >= 0.3 is 0 Å². The second-order valence-corrected chi connectivity index (χ2v) is 7.03. The van der Waals surface area contributed by atoms with E-state index in [9.17, 15) is 0 Å². The Morgan fingerprint density at radius 1 is 1.22 bits per heavy atom. The minimum absolute atomic E-state index is 0.430. The van der Waals surface area contributed by atoms with Crippen molar-refractivity contribution in [3.8, 4) is 0 Å². The van der Waals surface area contributed by atoms with Crippen molar-refractivity contribution in [2.24, 2.45) is 16.7 Å². The summed E-state index contributed by atoms with van der Waals surface area (Å²) in [5.41, 5.74) is 0.917. The molecule has 0 aromatic rings. The van der Waals surface area contributed by atoms with Crippen LogP contribution in [0, 0.1) is 16.7 Å². The molecular formula is C16H31NO. The first-order valence-electron chi connectivity index (χ1n) is 7.84. The Morgan fingerprint density at radius 2 is 2.00 bits per heavy atom. The molecule has 2 heteroatoms. The highest BCUT2D eigenvalue weighted by Crippen LogP contribution is 2.66. The Labute approximate surface area is 113 Å². The lowest BCUT2D eigenvalue weighted by atomic mass is 9.70. The fourth-order valence-electron chi connectivity index (χ4n) is 4.14. The van der Waals surface area contributed by atoms with Gasteiger partial charge in [0.05, 0.1) is 6.10 Å². The summed E-state index contributed by atoms with van der Waals surface area (Å²) in [6.07, 6.45) is 7.05. The molecule has 2 aliphatic rings. The van der Waals surface area contributed by atoms with E-state index in [4.69, 9.17) is 4.74 Å². The first-order chi connectivity index (χ1) is 8.52. The van der Waals surface area contributed by atoms with Crippen LogP contribution in [0.25, 0.3) is 0 Å². The predicted octanol–water partition coefficient (Wildman–Crippen LogP) is 3.61. The first kappa shape index (κ1) is 14.3. The van der Waals surface area contributed by atoms with Crippen LogP contribution in [0.1, 0.15) is 59.8 Å². The number of rotatable bonds is 7. The van der Waals surface area contributed by atoms with Crippen LogP contribution in [-0.2, 0) is 4.74 Å². The fourth-order valence-corrected chi connectivity index (χ4v) is 4.14. The number of hydrogen-bond acceptors (Lipinski definition) is 2. The number of unbranched alkanes of at least 4 members (excludes halogenated alkanes) is 1. The van der Waals surface area contributed by atoms with E-state index in [0.29, 0.717) is 16.9 Å². The Morgan fingerprint density at radius 3 is 2.56 bits per heavy atom. The molecule has 0 aliphatic heterocycles. The second kappa shape index (κ2) is 5.50. The molecule has 0 amide bonds. The van der Waals surface area contributed by atoms with Crippen LogP contribution in [0.5, 0.6) is 0 Å². The number of hydrogen-bond donors (Lipinski definition) is 1. The van der Waals surface area contributed by atoms with Crippen molar-refractivity contribution in [1.29, 1.82) is 0 Å². The number of fused-ring (bicyclic) bond motifs is 2. The molecule has 2 nitrogen and oxygen atoms in total. The summed E-state index contributed by atoms with van der Waals surface area (Å²) in [7, 11) is 0. The molecule has 2 saturated carbocycles. The van der Waals surface area contributed by atoms with Crippen LogP contribution in [0.15, 0.2) is 0 Å². The van der Waals surface area contributed by atoms with Crippen molar-refractivity contribution in [3.05, 3.63) is 0 Å². The van der Waals surface area contributed by atoms with E-state index >= 15 is 0 Å². The van der Waals surface area contributed by atoms with E-state index in [0.717, 1.165) is 25.6 Å². The minimum Gasteiger partial charge on any atom is -0.378 e. The quantitative estimate of drug-likeness (QED) is 0.700. The lowest BCUT2D eigenvalue weighted by Gasteiger charge is -2.39. The molecular weight excluding hydrogens is 222 g/mol.